The first-order valence-electron chi connectivity index (χ1n) is 4.26. The molecular formula is C9H12N2O4. The van der Waals surface area contributed by atoms with Crippen molar-refractivity contribution in [1.82, 2.24) is 0 Å². The zero-order valence-corrected chi connectivity index (χ0v) is 8.12. The van der Waals surface area contributed by atoms with E-state index < -0.39 is 16.8 Å². The third kappa shape index (κ3) is 2.30. The Kier molecular flexibility index (Phi) is 3.04. The minimum atomic E-state index is -1.62. The van der Waals surface area contributed by atoms with Crippen LogP contribution in [-0.2, 0) is 5.60 Å². The van der Waals surface area contributed by atoms with E-state index in [1.54, 1.807) is 0 Å². The minimum absolute atomic E-state index is 0.0824. The molecule has 6 nitrogen and oxygen atoms in total. The number of rotatable bonds is 3. The molecule has 0 fully saturated rings. The zero-order valence-electron chi connectivity index (χ0n) is 8.12. The summed E-state index contributed by atoms with van der Waals surface area (Å²) in [6.07, 6.45) is -1.45. The Morgan fingerprint density at radius 1 is 1.47 bits per heavy atom. The van der Waals surface area contributed by atoms with Crippen LogP contribution in [0.1, 0.15) is 12.5 Å². The summed E-state index contributed by atoms with van der Waals surface area (Å²) < 4.78 is 0. The van der Waals surface area contributed by atoms with Crippen LogP contribution in [0.4, 0.5) is 5.69 Å². The molecule has 0 spiro atoms. The molecule has 1 aromatic rings. The third-order valence-corrected chi connectivity index (χ3v) is 2.24. The molecule has 0 amide bonds. The van der Waals surface area contributed by atoms with Crippen molar-refractivity contribution < 1.29 is 15.1 Å². The Bertz CT molecular complexity index is 359. The average Bonchev–Trinajstić information content (AvgIpc) is 2.17. The number of hydrogen-bond donors (Lipinski definition) is 3. The van der Waals surface area contributed by atoms with Crippen LogP contribution in [-0.4, -0.2) is 21.4 Å². The van der Waals surface area contributed by atoms with Gasteiger partial charge in [0.25, 0.3) is 5.69 Å². The maximum absolute atomic E-state index is 10.4. The van der Waals surface area contributed by atoms with Gasteiger partial charge in [-0.15, -0.1) is 0 Å². The lowest BCUT2D eigenvalue weighted by molar-refractivity contribution is -0.384. The number of nitro groups is 1. The highest BCUT2D eigenvalue weighted by molar-refractivity contribution is 5.35. The van der Waals surface area contributed by atoms with Gasteiger partial charge in [-0.1, -0.05) is 0 Å². The van der Waals surface area contributed by atoms with Crippen molar-refractivity contribution in [2.75, 3.05) is 0 Å². The monoisotopic (exact) mass is 212 g/mol. The van der Waals surface area contributed by atoms with E-state index >= 15 is 0 Å². The van der Waals surface area contributed by atoms with Crippen LogP contribution in [0.5, 0.6) is 0 Å². The van der Waals surface area contributed by atoms with Crippen molar-refractivity contribution in [3.8, 4) is 0 Å². The molecule has 82 valence electrons. The highest BCUT2D eigenvalue weighted by atomic mass is 16.6. The molecule has 0 heterocycles. The zero-order chi connectivity index (χ0) is 11.6. The number of benzene rings is 1. The van der Waals surface area contributed by atoms with E-state index in [-0.39, 0.29) is 5.69 Å². The molecule has 0 saturated carbocycles. The standard InChI is InChI=1S/C9H12N2O4/c1-9(13,8(10)12)6-2-4-7(5-3-6)11(14)15/h2-5,8,12-13H,10H2,1H3/t8-,9-/m0/s1. The Labute approximate surface area is 86.1 Å². The summed E-state index contributed by atoms with van der Waals surface area (Å²) in [7, 11) is 0. The topological polar surface area (TPSA) is 110 Å². The Morgan fingerprint density at radius 2 is 1.93 bits per heavy atom. The summed E-state index contributed by atoms with van der Waals surface area (Å²) in [5.41, 5.74) is 3.80. The predicted octanol–water partition coefficient (Wildman–Crippen LogP) is 0.0794. The number of aliphatic hydroxyl groups is 2. The molecule has 6 heteroatoms. The van der Waals surface area contributed by atoms with Gasteiger partial charge in [-0.25, -0.2) is 0 Å². The van der Waals surface area contributed by atoms with Crippen molar-refractivity contribution in [2.45, 2.75) is 18.8 Å². The molecule has 0 unspecified atom stereocenters. The first-order chi connectivity index (χ1) is 6.85. The van der Waals surface area contributed by atoms with Crippen molar-refractivity contribution >= 4 is 5.69 Å². The Balaban J connectivity index is 3.04. The summed E-state index contributed by atoms with van der Waals surface area (Å²) in [5, 5.41) is 29.2. The van der Waals surface area contributed by atoms with Crippen LogP contribution in [0.15, 0.2) is 24.3 Å². The molecule has 15 heavy (non-hydrogen) atoms. The van der Waals surface area contributed by atoms with E-state index in [1.807, 2.05) is 0 Å². The van der Waals surface area contributed by atoms with Gasteiger partial charge in [0.05, 0.1) is 4.92 Å². The fraction of sp³-hybridized carbons (Fsp3) is 0.333. The van der Waals surface area contributed by atoms with Gasteiger partial charge in [0.15, 0.2) is 0 Å². The lowest BCUT2D eigenvalue weighted by atomic mass is 9.94. The van der Waals surface area contributed by atoms with Gasteiger partial charge >= 0.3 is 0 Å². The number of nitrogens with zero attached hydrogens (tertiary/aromatic N) is 1. The van der Waals surface area contributed by atoms with Crippen molar-refractivity contribution in [1.29, 1.82) is 0 Å². The third-order valence-electron chi connectivity index (χ3n) is 2.24. The molecular weight excluding hydrogens is 200 g/mol. The summed E-state index contributed by atoms with van der Waals surface area (Å²) in [5.74, 6) is 0. The van der Waals surface area contributed by atoms with Gasteiger partial charge in [-0.2, -0.15) is 0 Å². The van der Waals surface area contributed by atoms with Crippen LogP contribution in [0, 0.1) is 10.1 Å². The second kappa shape index (κ2) is 3.93. The van der Waals surface area contributed by atoms with E-state index in [4.69, 9.17) is 10.8 Å². The van der Waals surface area contributed by atoms with E-state index in [2.05, 4.69) is 0 Å². The summed E-state index contributed by atoms with van der Waals surface area (Å²) in [4.78, 5) is 9.82. The number of non-ortho nitro benzene ring substituents is 1. The number of nitro benzene ring substituents is 1. The Morgan fingerprint density at radius 3 is 2.27 bits per heavy atom. The molecule has 0 saturated heterocycles. The van der Waals surface area contributed by atoms with Gasteiger partial charge in [-0.3, -0.25) is 10.1 Å². The predicted molar refractivity (Wildman–Crippen MR) is 52.9 cm³/mol. The van der Waals surface area contributed by atoms with Crippen molar-refractivity contribution in [2.24, 2.45) is 5.73 Å². The first-order valence-corrected chi connectivity index (χ1v) is 4.26. The molecule has 0 aliphatic carbocycles. The summed E-state index contributed by atoms with van der Waals surface area (Å²) in [6.45, 7) is 1.33. The smallest absolute Gasteiger partial charge is 0.269 e. The van der Waals surface area contributed by atoms with Crippen LogP contribution in [0.3, 0.4) is 0 Å². The van der Waals surface area contributed by atoms with Gasteiger partial charge in [-0.05, 0) is 24.6 Å². The summed E-state index contributed by atoms with van der Waals surface area (Å²) in [6, 6.07) is 5.20. The van der Waals surface area contributed by atoms with Crippen LogP contribution >= 0.6 is 0 Å². The van der Waals surface area contributed by atoms with Crippen molar-refractivity contribution in [3.63, 3.8) is 0 Å². The first kappa shape index (κ1) is 11.6. The highest BCUT2D eigenvalue weighted by Gasteiger charge is 2.29. The number of nitrogens with two attached hydrogens (primary N) is 1. The normalized spacial score (nSPS) is 16.8. The molecule has 0 bridgehead atoms. The van der Waals surface area contributed by atoms with Gasteiger partial charge in [0, 0.05) is 12.1 Å². The van der Waals surface area contributed by atoms with E-state index in [1.165, 1.54) is 31.2 Å². The molecule has 4 N–H and O–H groups in total. The molecule has 0 aromatic heterocycles. The summed E-state index contributed by atoms with van der Waals surface area (Å²) >= 11 is 0. The van der Waals surface area contributed by atoms with E-state index in [9.17, 15) is 15.2 Å². The quantitative estimate of drug-likeness (QED) is 0.373. The van der Waals surface area contributed by atoms with Gasteiger partial charge in [0.1, 0.15) is 11.8 Å². The lowest BCUT2D eigenvalue weighted by Crippen LogP contribution is -2.42. The molecule has 1 aromatic carbocycles. The van der Waals surface area contributed by atoms with E-state index in [0.29, 0.717) is 5.56 Å². The van der Waals surface area contributed by atoms with Crippen molar-refractivity contribution in [3.05, 3.63) is 39.9 Å². The second-order valence-corrected chi connectivity index (χ2v) is 3.40. The van der Waals surface area contributed by atoms with Gasteiger partial charge in [0.2, 0.25) is 0 Å². The van der Waals surface area contributed by atoms with Crippen LogP contribution in [0.25, 0.3) is 0 Å². The van der Waals surface area contributed by atoms with E-state index in [0.717, 1.165) is 0 Å². The Hall–Kier alpha value is -1.50. The highest BCUT2D eigenvalue weighted by Crippen LogP contribution is 2.24. The molecule has 1 rings (SSSR count). The molecule has 0 radical (unpaired) electrons. The SMILES string of the molecule is C[C@](O)(c1ccc([N+](=O)[O-])cc1)[C@@H](N)O. The molecule has 0 aliphatic rings. The molecule has 0 aliphatic heterocycles. The largest absolute Gasteiger partial charge is 0.381 e. The number of aliphatic hydroxyl groups excluding tert-OH is 1. The second-order valence-electron chi connectivity index (χ2n) is 3.40. The lowest BCUT2D eigenvalue weighted by Gasteiger charge is -2.26. The number of hydrogen-bond acceptors (Lipinski definition) is 5. The average molecular weight is 212 g/mol. The van der Waals surface area contributed by atoms with Crippen LogP contribution in [0.2, 0.25) is 0 Å². The molecule has 2 atom stereocenters. The minimum Gasteiger partial charge on any atom is -0.381 e. The fourth-order valence-electron chi connectivity index (χ4n) is 1.09. The maximum Gasteiger partial charge on any atom is 0.269 e. The fourth-order valence-corrected chi connectivity index (χ4v) is 1.09. The van der Waals surface area contributed by atoms with Crippen LogP contribution < -0.4 is 5.73 Å². The van der Waals surface area contributed by atoms with Gasteiger partial charge < -0.3 is 15.9 Å². The maximum atomic E-state index is 10.4.